The van der Waals surface area contributed by atoms with Gasteiger partial charge in [0.05, 0.1) is 5.92 Å². The molecule has 1 aromatic carbocycles. The first-order chi connectivity index (χ1) is 13.2. The number of anilines is 2. The summed E-state index contributed by atoms with van der Waals surface area (Å²) in [6, 6.07) is 6.99. The number of hydrogen-bond donors (Lipinski definition) is 1. The highest BCUT2D eigenvalue weighted by atomic mass is 19.4. The molecule has 3 rings (SSSR count). The molecule has 1 aliphatic heterocycles. The number of ether oxygens (including phenoxy) is 1. The summed E-state index contributed by atoms with van der Waals surface area (Å²) >= 11 is 0. The number of amides is 1. The lowest BCUT2D eigenvalue weighted by molar-refractivity contribution is -0.274. The topological polar surface area (TPSA) is 67.4 Å². The zero-order valence-corrected chi connectivity index (χ0v) is 15.6. The maximum Gasteiger partial charge on any atom is 0.573 e. The quantitative estimate of drug-likeness (QED) is 0.853. The number of halogens is 3. The number of hydrogen-bond acceptors (Lipinski definition) is 5. The Balaban J connectivity index is 1.62. The Labute approximate surface area is 160 Å². The monoisotopic (exact) mass is 394 g/mol. The fraction of sp³-hybridized carbons (Fsp3) is 0.421. The highest BCUT2D eigenvalue weighted by Crippen LogP contribution is 2.25. The minimum atomic E-state index is -4.74. The van der Waals surface area contributed by atoms with Crippen molar-refractivity contribution in [2.45, 2.75) is 33.1 Å². The molecule has 1 amide bonds. The van der Waals surface area contributed by atoms with Gasteiger partial charge in [0.1, 0.15) is 5.75 Å². The molecule has 0 unspecified atom stereocenters. The van der Waals surface area contributed by atoms with E-state index in [1.54, 1.807) is 0 Å². The van der Waals surface area contributed by atoms with Gasteiger partial charge in [-0.05, 0) is 57.0 Å². The zero-order chi connectivity index (χ0) is 20.3. The van der Waals surface area contributed by atoms with Crippen molar-refractivity contribution in [3.8, 4) is 5.75 Å². The molecule has 0 bridgehead atoms. The molecule has 28 heavy (non-hydrogen) atoms. The molecule has 1 aromatic heterocycles. The van der Waals surface area contributed by atoms with Crippen LogP contribution in [0.15, 0.2) is 30.3 Å². The molecule has 0 saturated carbocycles. The molecule has 1 aliphatic rings. The highest BCUT2D eigenvalue weighted by Gasteiger charge is 2.31. The van der Waals surface area contributed by atoms with Gasteiger partial charge < -0.3 is 15.0 Å². The molecule has 150 valence electrons. The van der Waals surface area contributed by atoms with Crippen molar-refractivity contribution in [1.29, 1.82) is 0 Å². The number of rotatable bonds is 4. The van der Waals surface area contributed by atoms with Crippen LogP contribution in [0.25, 0.3) is 0 Å². The molecule has 0 spiro atoms. The van der Waals surface area contributed by atoms with E-state index in [-0.39, 0.29) is 17.6 Å². The van der Waals surface area contributed by atoms with E-state index >= 15 is 0 Å². The van der Waals surface area contributed by atoms with E-state index < -0.39 is 6.36 Å². The third-order valence-corrected chi connectivity index (χ3v) is 4.40. The number of piperidine rings is 1. The fourth-order valence-electron chi connectivity index (χ4n) is 3.21. The Morgan fingerprint density at radius 1 is 1.18 bits per heavy atom. The van der Waals surface area contributed by atoms with Gasteiger partial charge in [0.2, 0.25) is 11.9 Å². The number of carbonyl (C=O) groups is 1. The summed E-state index contributed by atoms with van der Waals surface area (Å²) in [6.07, 6.45) is -3.19. The summed E-state index contributed by atoms with van der Waals surface area (Å²) in [6.45, 7) is 5.07. The van der Waals surface area contributed by atoms with Crippen molar-refractivity contribution in [2.75, 3.05) is 23.3 Å². The lowest BCUT2D eigenvalue weighted by atomic mass is 9.97. The smallest absolute Gasteiger partial charge is 0.406 e. The van der Waals surface area contributed by atoms with Gasteiger partial charge >= 0.3 is 6.36 Å². The third-order valence-electron chi connectivity index (χ3n) is 4.40. The van der Waals surface area contributed by atoms with E-state index in [2.05, 4.69) is 20.0 Å². The second-order valence-corrected chi connectivity index (χ2v) is 6.80. The first-order valence-electron chi connectivity index (χ1n) is 8.93. The molecular weight excluding hydrogens is 373 g/mol. The Hall–Kier alpha value is -2.84. The van der Waals surface area contributed by atoms with Gasteiger partial charge in [-0.25, -0.2) is 9.97 Å². The average molecular weight is 394 g/mol. The summed E-state index contributed by atoms with van der Waals surface area (Å²) in [7, 11) is 0. The predicted molar refractivity (Wildman–Crippen MR) is 98.2 cm³/mol. The normalized spacial score (nSPS) is 17.3. The second-order valence-electron chi connectivity index (χ2n) is 6.80. The molecule has 6 nitrogen and oxygen atoms in total. The molecule has 2 heterocycles. The van der Waals surface area contributed by atoms with Gasteiger partial charge in [-0.2, -0.15) is 0 Å². The highest BCUT2D eigenvalue weighted by molar-refractivity contribution is 5.93. The Morgan fingerprint density at radius 3 is 2.43 bits per heavy atom. The van der Waals surface area contributed by atoms with Crippen molar-refractivity contribution in [3.63, 3.8) is 0 Å². The molecule has 1 fully saturated rings. The predicted octanol–water partition coefficient (Wildman–Crippen LogP) is 3.85. The maximum absolute atomic E-state index is 12.6. The molecule has 0 radical (unpaired) electrons. The van der Waals surface area contributed by atoms with E-state index in [4.69, 9.17) is 0 Å². The van der Waals surface area contributed by atoms with Crippen molar-refractivity contribution in [1.82, 2.24) is 9.97 Å². The molecule has 0 aliphatic carbocycles. The number of aromatic nitrogens is 2. The SMILES string of the molecule is Cc1cc(C)nc(N2CCC[C@H](C(=O)Nc3ccc(OC(F)(F)F)cc3)C2)n1. The van der Waals surface area contributed by atoms with Crippen molar-refractivity contribution in [3.05, 3.63) is 41.7 Å². The minimum absolute atomic E-state index is 0.182. The van der Waals surface area contributed by atoms with Crippen LogP contribution in [0.4, 0.5) is 24.8 Å². The molecule has 2 aromatic rings. The van der Waals surface area contributed by atoms with Crippen LogP contribution in [0.3, 0.4) is 0 Å². The number of carbonyl (C=O) groups excluding carboxylic acids is 1. The van der Waals surface area contributed by atoms with E-state index in [1.807, 2.05) is 24.8 Å². The van der Waals surface area contributed by atoms with Gasteiger partial charge in [-0.3, -0.25) is 4.79 Å². The van der Waals surface area contributed by atoms with Crippen LogP contribution in [-0.2, 0) is 4.79 Å². The molecule has 1 saturated heterocycles. The summed E-state index contributed by atoms with van der Waals surface area (Å²) in [4.78, 5) is 23.5. The van der Waals surface area contributed by atoms with Gasteiger partial charge in [0, 0.05) is 30.2 Å². The van der Waals surface area contributed by atoms with E-state index in [0.717, 1.165) is 30.8 Å². The summed E-state index contributed by atoms with van der Waals surface area (Å²) < 4.78 is 40.5. The lowest BCUT2D eigenvalue weighted by Crippen LogP contribution is -2.41. The average Bonchev–Trinajstić information content (AvgIpc) is 2.61. The van der Waals surface area contributed by atoms with E-state index in [0.29, 0.717) is 18.2 Å². The summed E-state index contributed by atoms with van der Waals surface area (Å²) in [5, 5.41) is 2.75. The standard InChI is InChI=1S/C19H21F3N4O2/c1-12-10-13(2)24-18(23-12)26-9-3-4-14(11-26)17(27)25-15-5-7-16(8-6-15)28-19(20,21)22/h5-8,10,14H,3-4,9,11H2,1-2H3,(H,25,27)/t14-/m0/s1. The first kappa shape index (κ1) is 19.9. The zero-order valence-electron chi connectivity index (χ0n) is 15.6. The van der Waals surface area contributed by atoms with Crippen LogP contribution in [0, 0.1) is 19.8 Å². The van der Waals surface area contributed by atoms with Gasteiger partial charge in [0.15, 0.2) is 0 Å². The van der Waals surface area contributed by atoms with Crippen molar-refractivity contribution in [2.24, 2.45) is 5.92 Å². The first-order valence-corrected chi connectivity index (χ1v) is 8.93. The largest absolute Gasteiger partial charge is 0.573 e. The van der Waals surface area contributed by atoms with Crippen LogP contribution in [0.1, 0.15) is 24.2 Å². The fourth-order valence-corrected chi connectivity index (χ4v) is 3.21. The number of benzene rings is 1. The van der Waals surface area contributed by atoms with E-state index in [9.17, 15) is 18.0 Å². The number of nitrogens with zero attached hydrogens (tertiary/aromatic N) is 3. The molecule has 9 heteroatoms. The number of aryl methyl sites for hydroxylation is 2. The van der Waals surface area contributed by atoms with Crippen LogP contribution >= 0.6 is 0 Å². The van der Waals surface area contributed by atoms with Crippen LogP contribution < -0.4 is 15.0 Å². The lowest BCUT2D eigenvalue weighted by Gasteiger charge is -2.32. The second kappa shape index (κ2) is 8.04. The summed E-state index contributed by atoms with van der Waals surface area (Å²) in [5.41, 5.74) is 2.16. The van der Waals surface area contributed by atoms with Crippen molar-refractivity contribution < 1.29 is 22.7 Å². The Bertz CT molecular complexity index is 820. The molecule has 1 N–H and O–H groups in total. The van der Waals surface area contributed by atoms with Gasteiger partial charge in [-0.1, -0.05) is 0 Å². The van der Waals surface area contributed by atoms with Crippen molar-refractivity contribution >= 4 is 17.5 Å². The Morgan fingerprint density at radius 2 is 1.82 bits per heavy atom. The van der Waals surface area contributed by atoms with E-state index in [1.165, 1.54) is 24.3 Å². The maximum atomic E-state index is 12.6. The molecular formula is C19H21F3N4O2. The Kier molecular flexibility index (Phi) is 5.71. The van der Waals surface area contributed by atoms with Gasteiger partial charge in [0.25, 0.3) is 0 Å². The number of alkyl halides is 3. The minimum Gasteiger partial charge on any atom is -0.406 e. The molecule has 1 atom stereocenters. The summed E-state index contributed by atoms with van der Waals surface area (Å²) in [5.74, 6) is -0.159. The number of nitrogens with one attached hydrogen (secondary N) is 1. The van der Waals surface area contributed by atoms with Crippen LogP contribution in [-0.4, -0.2) is 35.3 Å². The third kappa shape index (κ3) is 5.34. The van der Waals surface area contributed by atoms with Crippen LogP contribution in [0.5, 0.6) is 5.75 Å². The van der Waals surface area contributed by atoms with Gasteiger partial charge in [-0.15, -0.1) is 13.2 Å². The van der Waals surface area contributed by atoms with Crippen LogP contribution in [0.2, 0.25) is 0 Å².